The molecule has 3 nitrogen and oxygen atoms in total. The van der Waals surface area contributed by atoms with Gasteiger partial charge >= 0.3 is 0 Å². The summed E-state index contributed by atoms with van der Waals surface area (Å²) in [7, 11) is 1.82. The van der Waals surface area contributed by atoms with Crippen molar-refractivity contribution in [3.63, 3.8) is 0 Å². The van der Waals surface area contributed by atoms with Crippen LogP contribution in [0, 0.1) is 5.92 Å². The van der Waals surface area contributed by atoms with Crippen LogP contribution in [-0.2, 0) is 4.79 Å². The Hall–Kier alpha value is -0.570. The number of carbonyl (C=O) groups is 1. The summed E-state index contributed by atoms with van der Waals surface area (Å²) in [6.45, 7) is 6.61. The molecule has 0 saturated heterocycles. The summed E-state index contributed by atoms with van der Waals surface area (Å²) in [5, 5.41) is 0. The van der Waals surface area contributed by atoms with Gasteiger partial charge in [-0.2, -0.15) is 0 Å². The highest BCUT2D eigenvalue weighted by molar-refractivity contribution is 5.78. The second-order valence-electron chi connectivity index (χ2n) is 3.41. The fraction of sp³-hybridized carbons (Fsp3) is 0.889. The SMILES string of the molecule is CCCN(C)C(=O)C(C)C(C)N. The van der Waals surface area contributed by atoms with E-state index in [0.29, 0.717) is 0 Å². The largest absolute Gasteiger partial charge is 0.345 e. The molecule has 0 rings (SSSR count). The Labute approximate surface area is 74.9 Å². The van der Waals surface area contributed by atoms with Crippen LogP contribution in [0.15, 0.2) is 0 Å². The lowest BCUT2D eigenvalue weighted by Gasteiger charge is -2.22. The second kappa shape index (κ2) is 5.14. The molecule has 2 atom stereocenters. The number of nitrogens with zero attached hydrogens (tertiary/aromatic N) is 1. The number of carbonyl (C=O) groups excluding carboxylic acids is 1. The fourth-order valence-corrected chi connectivity index (χ4v) is 1.02. The van der Waals surface area contributed by atoms with Gasteiger partial charge in [0.15, 0.2) is 0 Å². The van der Waals surface area contributed by atoms with Crippen molar-refractivity contribution in [2.45, 2.75) is 33.2 Å². The third kappa shape index (κ3) is 3.22. The third-order valence-corrected chi connectivity index (χ3v) is 2.11. The molecule has 0 aliphatic rings. The molecule has 0 spiro atoms. The minimum atomic E-state index is -0.0680. The standard InChI is InChI=1S/C9H20N2O/c1-5-6-11(4)9(12)7(2)8(3)10/h7-8H,5-6,10H2,1-4H3. The fourth-order valence-electron chi connectivity index (χ4n) is 1.02. The monoisotopic (exact) mass is 172 g/mol. The second-order valence-corrected chi connectivity index (χ2v) is 3.41. The number of amides is 1. The van der Waals surface area contributed by atoms with Crippen LogP contribution in [0.3, 0.4) is 0 Å². The number of rotatable bonds is 4. The van der Waals surface area contributed by atoms with Crippen molar-refractivity contribution in [2.75, 3.05) is 13.6 Å². The summed E-state index contributed by atoms with van der Waals surface area (Å²) in [5.74, 6) is 0.0772. The van der Waals surface area contributed by atoms with E-state index in [2.05, 4.69) is 6.92 Å². The summed E-state index contributed by atoms with van der Waals surface area (Å²) in [6, 6.07) is -0.0585. The molecule has 0 aromatic carbocycles. The average Bonchev–Trinajstić information content (AvgIpc) is 2.02. The van der Waals surface area contributed by atoms with E-state index in [1.807, 2.05) is 20.9 Å². The highest BCUT2D eigenvalue weighted by Crippen LogP contribution is 2.04. The highest BCUT2D eigenvalue weighted by Gasteiger charge is 2.19. The molecule has 0 radical (unpaired) electrons. The number of hydrogen-bond donors (Lipinski definition) is 1. The first kappa shape index (κ1) is 11.4. The van der Waals surface area contributed by atoms with Crippen molar-refractivity contribution < 1.29 is 4.79 Å². The molecule has 1 amide bonds. The molecule has 0 saturated carbocycles. The molecule has 0 bridgehead atoms. The van der Waals surface area contributed by atoms with E-state index in [4.69, 9.17) is 5.73 Å². The van der Waals surface area contributed by atoms with Gasteiger partial charge in [0, 0.05) is 19.6 Å². The van der Waals surface area contributed by atoms with Gasteiger partial charge in [0.05, 0.1) is 5.92 Å². The van der Waals surface area contributed by atoms with Crippen LogP contribution in [0.1, 0.15) is 27.2 Å². The van der Waals surface area contributed by atoms with Crippen LogP contribution in [0.4, 0.5) is 0 Å². The summed E-state index contributed by atoms with van der Waals surface area (Å²) in [6.07, 6.45) is 0.994. The van der Waals surface area contributed by atoms with Crippen molar-refractivity contribution >= 4 is 5.91 Å². The smallest absolute Gasteiger partial charge is 0.226 e. The number of nitrogens with two attached hydrogens (primary N) is 1. The quantitative estimate of drug-likeness (QED) is 0.683. The molecule has 12 heavy (non-hydrogen) atoms. The van der Waals surface area contributed by atoms with Gasteiger partial charge in [0.25, 0.3) is 0 Å². The maximum Gasteiger partial charge on any atom is 0.226 e. The van der Waals surface area contributed by atoms with E-state index in [0.717, 1.165) is 13.0 Å². The van der Waals surface area contributed by atoms with Gasteiger partial charge in [-0.15, -0.1) is 0 Å². The van der Waals surface area contributed by atoms with Crippen molar-refractivity contribution in [1.82, 2.24) is 4.90 Å². The van der Waals surface area contributed by atoms with Crippen LogP contribution in [0.5, 0.6) is 0 Å². The van der Waals surface area contributed by atoms with E-state index in [1.54, 1.807) is 4.90 Å². The normalized spacial score (nSPS) is 15.4. The summed E-state index contributed by atoms with van der Waals surface area (Å²) < 4.78 is 0. The molecule has 0 aromatic rings. The lowest BCUT2D eigenvalue weighted by Crippen LogP contribution is -2.39. The van der Waals surface area contributed by atoms with Gasteiger partial charge in [0.2, 0.25) is 5.91 Å². The zero-order valence-corrected chi connectivity index (χ0v) is 8.50. The predicted molar refractivity (Wildman–Crippen MR) is 50.7 cm³/mol. The molecule has 0 fully saturated rings. The van der Waals surface area contributed by atoms with E-state index in [-0.39, 0.29) is 17.9 Å². The Balaban J connectivity index is 4.00. The van der Waals surface area contributed by atoms with E-state index >= 15 is 0 Å². The molecule has 0 aromatic heterocycles. The zero-order chi connectivity index (χ0) is 9.72. The molecular formula is C9H20N2O. The average molecular weight is 172 g/mol. The zero-order valence-electron chi connectivity index (χ0n) is 8.50. The van der Waals surface area contributed by atoms with Crippen LogP contribution in [-0.4, -0.2) is 30.4 Å². The van der Waals surface area contributed by atoms with Gasteiger partial charge in [-0.05, 0) is 13.3 Å². The topological polar surface area (TPSA) is 46.3 Å². The molecule has 2 unspecified atom stereocenters. The molecule has 0 aliphatic heterocycles. The van der Waals surface area contributed by atoms with Gasteiger partial charge < -0.3 is 10.6 Å². The Morgan fingerprint density at radius 1 is 1.50 bits per heavy atom. The van der Waals surface area contributed by atoms with Gasteiger partial charge in [0.1, 0.15) is 0 Å². The van der Waals surface area contributed by atoms with E-state index in [9.17, 15) is 4.79 Å². The van der Waals surface area contributed by atoms with Crippen molar-refractivity contribution in [3.05, 3.63) is 0 Å². The molecule has 2 N–H and O–H groups in total. The lowest BCUT2D eigenvalue weighted by molar-refractivity contribution is -0.134. The lowest BCUT2D eigenvalue weighted by atomic mass is 10.0. The minimum Gasteiger partial charge on any atom is -0.345 e. The van der Waals surface area contributed by atoms with E-state index in [1.165, 1.54) is 0 Å². The summed E-state index contributed by atoms with van der Waals surface area (Å²) in [4.78, 5) is 13.3. The summed E-state index contributed by atoms with van der Waals surface area (Å²) in [5.41, 5.74) is 5.62. The van der Waals surface area contributed by atoms with Crippen molar-refractivity contribution in [1.29, 1.82) is 0 Å². The number of hydrogen-bond acceptors (Lipinski definition) is 2. The molecule has 0 aliphatic carbocycles. The minimum absolute atomic E-state index is 0.0585. The van der Waals surface area contributed by atoms with E-state index < -0.39 is 0 Å². The first-order chi connectivity index (χ1) is 5.50. The highest BCUT2D eigenvalue weighted by atomic mass is 16.2. The molecule has 72 valence electrons. The third-order valence-electron chi connectivity index (χ3n) is 2.11. The van der Waals surface area contributed by atoms with Crippen molar-refractivity contribution in [2.24, 2.45) is 11.7 Å². The molecule has 3 heteroatoms. The first-order valence-corrected chi connectivity index (χ1v) is 4.51. The Morgan fingerprint density at radius 3 is 2.33 bits per heavy atom. The Morgan fingerprint density at radius 2 is 2.00 bits per heavy atom. The van der Waals surface area contributed by atoms with Gasteiger partial charge in [-0.1, -0.05) is 13.8 Å². The molecular weight excluding hydrogens is 152 g/mol. The maximum atomic E-state index is 11.5. The van der Waals surface area contributed by atoms with Crippen LogP contribution in [0.25, 0.3) is 0 Å². The first-order valence-electron chi connectivity index (χ1n) is 4.51. The molecule has 0 heterocycles. The maximum absolute atomic E-state index is 11.5. The van der Waals surface area contributed by atoms with Crippen LogP contribution in [0.2, 0.25) is 0 Å². The summed E-state index contributed by atoms with van der Waals surface area (Å²) >= 11 is 0. The van der Waals surface area contributed by atoms with Crippen LogP contribution >= 0.6 is 0 Å². The Bertz CT molecular complexity index is 145. The Kier molecular flexibility index (Phi) is 4.90. The predicted octanol–water partition coefficient (Wildman–Crippen LogP) is 0.838. The van der Waals surface area contributed by atoms with Crippen molar-refractivity contribution in [3.8, 4) is 0 Å². The van der Waals surface area contributed by atoms with Gasteiger partial charge in [-0.25, -0.2) is 0 Å². The van der Waals surface area contributed by atoms with Crippen LogP contribution < -0.4 is 5.73 Å². The van der Waals surface area contributed by atoms with Gasteiger partial charge in [-0.3, -0.25) is 4.79 Å².